The summed E-state index contributed by atoms with van der Waals surface area (Å²) in [5, 5.41) is 0.572. The number of methoxy groups -OCH3 is 1. The van der Waals surface area contributed by atoms with Crippen molar-refractivity contribution in [1.82, 2.24) is 9.55 Å². The van der Waals surface area contributed by atoms with E-state index >= 15 is 0 Å². The number of rotatable bonds is 11. The van der Waals surface area contributed by atoms with Crippen LogP contribution in [0, 0.1) is 0 Å². The topological polar surface area (TPSA) is 53.1 Å². The summed E-state index contributed by atoms with van der Waals surface area (Å²) in [4.78, 5) is 4.19. The number of nitrogens with two attached hydrogens (primary N) is 1. The Bertz CT molecular complexity index is 801. The van der Waals surface area contributed by atoms with Crippen molar-refractivity contribution >= 4 is 17.4 Å². The lowest BCUT2D eigenvalue weighted by Crippen LogP contribution is -2.14. The lowest BCUT2D eigenvalue weighted by molar-refractivity contribution is 0.414. The van der Waals surface area contributed by atoms with Gasteiger partial charge >= 0.3 is 0 Å². The maximum Gasteiger partial charge on any atom is 0.118 e. The summed E-state index contributed by atoms with van der Waals surface area (Å²) in [7, 11) is 1.71. The zero-order chi connectivity index (χ0) is 19.6. The molecule has 3 aromatic rings. The second-order valence-corrected chi connectivity index (χ2v) is 8.39. The van der Waals surface area contributed by atoms with E-state index in [-0.39, 0.29) is 0 Å². The van der Waals surface area contributed by atoms with E-state index in [0.29, 0.717) is 5.25 Å². The highest BCUT2D eigenvalue weighted by Gasteiger charge is 2.11. The van der Waals surface area contributed by atoms with Crippen molar-refractivity contribution in [2.24, 2.45) is 0 Å². The van der Waals surface area contributed by atoms with Crippen LogP contribution in [0.3, 0.4) is 0 Å². The van der Waals surface area contributed by atoms with Crippen molar-refractivity contribution in [2.75, 3.05) is 18.6 Å². The fourth-order valence-corrected chi connectivity index (χ4v) is 4.39. The van der Waals surface area contributed by atoms with E-state index < -0.39 is 0 Å². The number of hydrogen-bond donors (Lipinski definition) is 1. The minimum atomic E-state index is 0.572. The lowest BCUT2D eigenvalue weighted by Gasteiger charge is -2.17. The summed E-state index contributed by atoms with van der Waals surface area (Å²) in [5.41, 5.74) is 9.32. The predicted molar refractivity (Wildman–Crippen MR) is 119 cm³/mol. The number of nitrogens with zero attached hydrogens (tertiary/aromatic N) is 2. The molecule has 0 bridgehead atoms. The van der Waals surface area contributed by atoms with Crippen molar-refractivity contribution in [3.05, 3.63) is 78.4 Å². The molecule has 4 nitrogen and oxygen atoms in total. The summed E-state index contributed by atoms with van der Waals surface area (Å²) in [6, 6.07) is 16.6. The molecule has 0 radical (unpaired) electrons. The standard InChI is InChI=1S/C23H29N3OS/c1-27-22-11-6-20(7-12-22)8-13-23(17-26-15-14-25-18-26)28-16-2-3-19-4-9-21(24)10-5-19/h4-7,9-12,14-15,18,23H,2-3,8,13,16-17,24H2,1H3. The number of ether oxygens (including phenoxy) is 1. The summed E-state index contributed by atoms with van der Waals surface area (Å²) in [6.07, 6.45) is 10.3. The zero-order valence-corrected chi connectivity index (χ0v) is 17.3. The summed E-state index contributed by atoms with van der Waals surface area (Å²) in [5.74, 6) is 2.07. The van der Waals surface area contributed by atoms with Crippen LogP contribution in [0.1, 0.15) is 24.0 Å². The van der Waals surface area contributed by atoms with E-state index in [2.05, 4.69) is 51.8 Å². The van der Waals surface area contributed by atoms with Crippen LogP contribution in [0.4, 0.5) is 5.69 Å². The molecule has 5 heteroatoms. The first-order valence-corrected chi connectivity index (χ1v) is 10.8. The molecule has 0 spiro atoms. The van der Waals surface area contributed by atoms with Gasteiger partial charge in [-0.3, -0.25) is 0 Å². The van der Waals surface area contributed by atoms with Crippen LogP contribution in [0.5, 0.6) is 5.75 Å². The number of benzene rings is 2. The number of imidazole rings is 1. The molecule has 28 heavy (non-hydrogen) atoms. The quantitative estimate of drug-likeness (QED) is 0.373. The molecule has 148 valence electrons. The van der Waals surface area contributed by atoms with Gasteiger partial charge in [0.15, 0.2) is 0 Å². The fraction of sp³-hybridized carbons (Fsp3) is 0.348. The molecule has 1 aromatic heterocycles. The predicted octanol–water partition coefficient (Wildman–Crippen LogP) is 4.84. The van der Waals surface area contributed by atoms with Gasteiger partial charge in [-0.05, 0) is 66.8 Å². The number of nitrogen functional groups attached to an aromatic ring is 1. The molecule has 1 atom stereocenters. The Morgan fingerprint density at radius 3 is 2.43 bits per heavy atom. The van der Waals surface area contributed by atoms with Crippen molar-refractivity contribution in [1.29, 1.82) is 0 Å². The monoisotopic (exact) mass is 395 g/mol. The van der Waals surface area contributed by atoms with Crippen LogP contribution in [0.15, 0.2) is 67.3 Å². The average Bonchev–Trinajstić information content (AvgIpc) is 3.24. The van der Waals surface area contributed by atoms with E-state index in [4.69, 9.17) is 10.5 Å². The fourth-order valence-electron chi connectivity index (χ4n) is 3.19. The van der Waals surface area contributed by atoms with Crippen molar-refractivity contribution in [3.63, 3.8) is 0 Å². The molecule has 0 saturated heterocycles. The second-order valence-electron chi connectivity index (χ2n) is 6.98. The highest BCUT2D eigenvalue weighted by atomic mass is 32.2. The van der Waals surface area contributed by atoms with Gasteiger partial charge in [-0.15, -0.1) is 0 Å². The molecule has 1 unspecified atom stereocenters. The molecular weight excluding hydrogens is 366 g/mol. The Morgan fingerprint density at radius 2 is 1.75 bits per heavy atom. The molecule has 0 aliphatic rings. The van der Waals surface area contributed by atoms with Gasteiger partial charge in [-0.25, -0.2) is 4.98 Å². The maximum absolute atomic E-state index is 5.76. The van der Waals surface area contributed by atoms with Crippen LogP contribution < -0.4 is 10.5 Å². The minimum absolute atomic E-state index is 0.572. The SMILES string of the molecule is COc1ccc(CCC(Cn2ccnc2)SCCCc2ccc(N)cc2)cc1. The van der Waals surface area contributed by atoms with Gasteiger partial charge in [0.1, 0.15) is 5.75 Å². The average molecular weight is 396 g/mol. The zero-order valence-electron chi connectivity index (χ0n) is 16.5. The van der Waals surface area contributed by atoms with E-state index in [1.807, 2.05) is 36.8 Å². The van der Waals surface area contributed by atoms with Crippen LogP contribution >= 0.6 is 11.8 Å². The van der Waals surface area contributed by atoms with E-state index in [9.17, 15) is 0 Å². The van der Waals surface area contributed by atoms with Gasteiger partial charge < -0.3 is 15.0 Å². The Morgan fingerprint density at radius 1 is 1.04 bits per heavy atom. The highest BCUT2D eigenvalue weighted by molar-refractivity contribution is 7.99. The number of aromatic nitrogens is 2. The third-order valence-electron chi connectivity index (χ3n) is 4.83. The van der Waals surface area contributed by atoms with Gasteiger partial charge in [0, 0.05) is 29.9 Å². The highest BCUT2D eigenvalue weighted by Crippen LogP contribution is 2.22. The molecule has 2 aromatic carbocycles. The number of aryl methyl sites for hydroxylation is 2. The molecule has 0 fully saturated rings. The van der Waals surface area contributed by atoms with Crippen LogP contribution in [-0.4, -0.2) is 27.7 Å². The van der Waals surface area contributed by atoms with Crippen molar-refractivity contribution < 1.29 is 4.74 Å². The molecule has 0 saturated carbocycles. The van der Waals surface area contributed by atoms with Gasteiger partial charge in [-0.1, -0.05) is 24.3 Å². The second kappa shape index (κ2) is 10.8. The Kier molecular flexibility index (Phi) is 7.85. The molecular formula is C23H29N3OS. The molecule has 1 heterocycles. The number of hydrogen-bond acceptors (Lipinski definition) is 4. The number of thioether (sulfide) groups is 1. The van der Waals surface area contributed by atoms with Crippen LogP contribution in [0.2, 0.25) is 0 Å². The smallest absolute Gasteiger partial charge is 0.118 e. The number of anilines is 1. The van der Waals surface area contributed by atoms with Gasteiger partial charge in [0.2, 0.25) is 0 Å². The lowest BCUT2D eigenvalue weighted by atomic mass is 10.1. The van der Waals surface area contributed by atoms with E-state index in [0.717, 1.165) is 43.0 Å². The summed E-state index contributed by atoms with van der Waals surface area (Å²) in [6.45, 7) is 1.00. The molecule has 0 amide bonds. The Labute approximate surface area is 172 Å². The molecule has 0 aliphatic carbocycles. The third kappa shape index (κ3) is 6.64. The molecule has 2 N–H and O–H groups in total. The largest absolute Gasteiger partial charge is 0.497 e. The third-order valence-corrected chi connectivity index (χ3v) is 6.21. The summed E-state index contributed by atoms with van der Waals surface area (Å²) < 4.78 is 7.44. The van der Waals surface area contributed by atoms with Crippen LogP contribution in [0.25, 0.3) is 0 Å². The summed E-state index contributed by atoms with van der Waals surface area (Å²) >= 11 is 2.07. The van der Waals surface area contributed by atoms with Gasteiger partial charge in [0.05, 0.1) is 13.4 Å². The maximum atomic E-state index is 5.76. The van der Waals surface area contributed by atoms with Crippen LogP contribution in [-0.2, 0) is 19.4 Å². The molecule has 0 aliphatic heterocycles. The first-order chi connectivity index (χ1) is 13.7. The van der Waals surface area contributed by atoms with E-state index in [1.54, 1.807) is 7.11 Å². The Balaban J connectivity index is 1.48. The molecule has 3 rings (SSSR count). The van der Waals surface area contributed by atoms with E-state index in [1.165, 1.54) is 17.5 Å². The van der Waals surface area contributed by atoms with Crippen molar-refractivity contribution in [2.45, 2.75) is 37.5 Å². The first kappa shape index (κ1) is 20.3. The normalized spacial score (nSPS) is 12.0. The first-order valence-electron chi connectivity index (χ1n) is 9.77. The Hall–Kier alpha value is -2.40. The van der Waals surface area contributed by atoms with Crippen molar-refractivity contribution in [3.8, 4) is 5.75 Å². The van der Waals surface area contributed by atoms with Gasteiger partial charge in [-0.2, -0.15) is 11.8 Å². The van der Waals surface area contributed by atoms with Gasteiger partial charge in [0.25, 0.3) is 0 Å². The minimum Gasteiger partial charge on any atom is -0.497 e.